The number of furan rings is 1. The molecule has 0 spiro atoms. The van der Waals surface area contributed by atoms with E-state index in [0.29, 0.717) is 31.7 Å². The number of rotatable bonds is 6. The molecule has 1 heterocycles. The maximum Gasteiger partial charge on any atom is 0.307 e. The van der Waals surface area contributed by atoms with Gasteiger partial charge in [-0.2, -0.15) is 0 Å². The van der Waals surface area contributed by atoms with Gasteiger partial charge in [0.15, 0.2) is 0 Å². The number of amides is 1. The monoisotopic (exact) mass is 313 g/mol. The number of carbonyl (C=O) groups excluding carboxylic acids is 1. The van der Waals surface area contributed by atoms with Crippen LogP contribution in [0.2, 0.25) is 0 Å². The molecule has 0 saturated heterocycles. The first-order valence-electron chi connectivity index (χ1n) is 7.73. The molecule has 3 rings (SSSR count). The summed E-state index contributed by atoms with van der Waals surface area (Å²) in [6.07, 6.45) is 2.79. The average Bonchev–Trinajstić information content (AvgIpc) is 2.99. The smallest absolute Gasteiger partial charge is 0.307 e. The Morgan fingerprint density at radius 3 is 2.35 bits per heavy atom. The Labute approximate surface area is 134 Å². The predicted octanol–water partition coefficient (Wildman–Crippen LogP) is 2.92. The van der Waals surface area contributed by atoms with Crippen LogP contribution in [0.15, 0.2) is 53.1 Å². The van der Waals surface area contributed by atoms with Crippen molar-refractivity contribution in [2.75, 3.05) is 0 Å². The third kappa shape index (κ3) is 3.44. The number of carbonyl (C=O) groups is 2. The van der Waals surface area contributed by atoms with Crippen LogP contribution in [0.4, 0.5) is 0 Å². The quantitative estimate of drug-likeness (QED) is 0.890. The molecule has 0 aliphatic heterocycles. The van der Waals surface area contributed by atoms with E-state index in [1.54, 1.807) is 17.2 Å². The minimum Gasteiger partial charge on any atom is -0.481 e. The Kier molecular flexibility index (Phi) is 4.46. The molecule has 1 amide bonds. The van der Waals surface area contributed by atoms with Gasteiger partial charge >= 0.3 is 5.97 Å². The summed E-state index contributed by atoms with van der Waals surface area (Å²) >= 11 is 0. The van der Waals surface area contributed by atoms with Gasteiger partial charge in [0.05, 0.1) is 24.6 Å². The highest BCUT2D eigenvalue weighted by Gasteiger charge is 2.43. The van der Waals surface area contributed by atoms with Crippen LogP contribution in [0.5, 0.6) is 0 Å². The fourth-order valence-corrected chi connectivity index (χ4v) is 2.93. The van der Waals surface area contributed by atoms with Crippen molar-refractivity contribution < 1.29 is 19.1 Å². The molecule has 2 unspecified atom stereocenters. The van der Waals surface area contributed by atoms with Crippen molar-refractivity contribution in [1.82, 2.24) is 4.90 Å². The van der Waals surface area contributed by atoms with Crippen molar-refractivity contribution >= 4 is 11.9 Å². The second-order valence-electron chi connectivity index (χ2n) is 5.89. The second-order valence-corrected chi connectivity index (χ2v) is 5.89. The molecule has 1 aliphatic rings. The minimum atomic E-state index is -0.882. The fraction of sp³-hybridized carbons (Fsp3) is 0.333. The molecule has 1 fully saturated rings. The van der Waals surface area contributed by atoms with Crippen LogP contribution in [0.3, 0.4) is 0 Å². The molecule has 1 saturated carbocycles. The minimum absolute atomic E-state index is 0.107. The van der Waals surface area contributed by atoms with Crippen molar-refractivity contribution in [3.8, 4) is 0 Å². The molecular formula is C18H19NO4. The molecule has 0 bridgehead atoms. The van der Waals surface area contributed by atoms with Crippen molar-refractivity contribution in [2.24, 2.45) is 11.8 Å². The number of hydrogen-bond acceptors (Lipinski definition) is 3. The predicted molar refractivity (Wildman–Crippen MR) is 83.3 cm³/mol. The lowest BCUT2D eigenvalue weighted by molar-refractivity contribution is -0.157. The summed E-state index contributed by atoms with van der Waals surface area (Å²) in [7, 11) is 0. The molecule has 5 nitrogen and oxygen atoms in total. The second kappa shape index (κ2) is 6.69. The summed E-state index contributed by atoms with van der Waals surface area (Å²) in [4.78, 5) is 25.7. The molecular weight excluding hydrogens is 294 g/mol. The highest BCUT2D eigenvalue weighted by Crippen LogP contribution is 2.36. The van der Waals surface area contributed by atoms with Gasteiger partial charge in [0.1, 0.15) is 5.76 Å². The molecule has 1 aliphatic carbocycles. The number of aliphatic carboxylic acids is 1. The van der Waals surface area contributed by atoms with Crippen molar-refractivity contribution in [3.05, 3.63) is 60.1 Å². The van der Waals surface area contributed by atoms with Gasteiger partial charge < -0.3 is 14.4 Å². The number of carboxylic acids is 1. The van der Waals surface area contributed by atoms with Crippen LogP contribution in [0.25, 0.3) is 0 Å². The summed E-state index contributed by atoms with van der Waals surface area (Å²) in [5.41, 5.74) is 1.01. The van der Waals surface area contributed by atoms with E-state index in [1.807, 2.05) is 36.4 Å². The molecule has 120 valence electrons. The van der Waals surface area contributed by atoms with E-state index in [0.717, 1.165) is 5.56 Å². The SMILES string of the molecule is O=C(O)C1CCC1C(=O)N(Cc1ccccc1)Cc1ccco1. The van der Waals surface area contributed by atoms with Crippen molar-refractivity contribution in [1.29, 1.82) is 0 Å². The molecule has 0 radical (unpaired) electrons. The third-order valence-corrected chi connectivity index (χ3v) is 4.36. The molecule has 1 N–H and O–H groups in total. The summed E-state index contributed by atoms with van der Waals surface area (Å²) in [6, 6.07) is 13.3. The van der Waals surface area contributed by atoms with Crippen LogP contribution in [0.1, 0.15) is 24.2 Å². The van der Waals surface area contributed by atoms with E-state index >= 15 is 0 Å². The zero-order valence-electron chi connectivity index (χ0n) is 12.7. The zero-order chi connectivity index (χ0) is 16.2. The topological polar surface area (TPSA) is 70.8 Å². The zero-order valence-corrected chi connectivity index (χ0v) is 12.7. The Morgan fingerprint density at radius 2 is 1.78 bits per heavy atom. The first-order chi connectivity index (χ1) is 11.1. The van der Waals surface area contributed by atoms with E-state index in [-0.39, 0.29) is 5.91 Å². The van der Waals surface area contributed by atoms with Gasteiger partial charge in [-0.1, -0.05) is 30.3 Å². The Hall–Kier alpha value is -2.56. The lowest BCUT2D eigenvalue weighted by Gasteiger charge is -2.36. The number of carboxylic acid groups (broad SMARTS) is 1. The Balaban J connectivity index is 1.76. The summed E-state index contributed by atoms with van der Waals surface area (Å²) < 4.78 is 5.35. The van der Waals surface area contributed by atoms with Gasteiger partial charge in [0.2, 0.25) is 5.91 Å². The van der Waals surface area contributed by atoms with E-state index in [4.69, 9.17) is 4.42 Å². The van der Waals surface area contributed by atoms with Crippen LogP contribution in [-0.4, -0.2) is 21.9 Å². The average molecular weight is 313 g/mol. The van der Waals surface area contributed by atoms with Crippen LogP contribution < -0.4 is 0 Å². The van der Waals surface area contributed by atoms with E-state index in [1.165, 1.54) is 0 Å². The highest BCUT2D eigenvalue weighted by molar-refractivity contribution is 5.86. The molecule has 2 aromatic rings. The summed E-state index contributed by atoms with van der Waals surface area (Å²) in [6.45, 7) is 0.798. The van der Waals surface area contributed by atoms with Gasteiger partial charge in [0.25, 0.3) is 0 Å². The largest absolute Gasteiger partial charge is 0.481 e. The molecule has 2 atom stereocenters. The molecule has 1 aromatic carbocycles. The van der Waals surface area contributed by atoms with Gasteiger partial charge in [-0.25, -0.2) is 0 Å². The van der Waals surface area contributed by atoms with Gasteiger partial charge in [-0.15, -0.1) is 0 Å². The fourth-order valence-electron chi connectivity index (χ4n) is 2.93. The van der Waals surface area contributed by atoms with Gasteiger partial charge in [-0.05, 0) is 30.5 Å². The maximum atomic E-state index is 12.8. The number of nitrogens with zero attached hydrogens (tertiary/aromatic N) is 1. The number of benzene rings is 1. The van der Waals surface area contributed by atoms with Crippen LogP contribution >= 0.6 is 0 Å². The summed E-state index contributed by atoms with van der Waals surface area (Å²) in [5, 5.41) is 9.19. The number of hydrogen-bond donors (Lipinski definition) is 1. The Morgan fingerprint density at radius 1 is 1.04 bits per heavy atom. The molecule has 5 heteroatoms. The van der Waals surface area contributed by atoms with E-state index < -0.39 is 17.8 Å². The van der Waals surface area contributed by atoms with E-state index in [9.17, 15) is 14.7 Å². The lowest BCUT2D eigenvalue weighted by Crippen LogP contribution is -2.45. The first kappa shape index (κ1) is 15.3. The molecule has 23 heavy (non-hydrogen) atoms. The van der Waals surface area contributed by atoms with E-state index in [2.05, 4.69) is 0 Å². The molecule has 1 aromatic heterocycles. The summed E-state index contributed by atoms with van der Waals surface area (Å²) in [5.74, 6) is -1.28. The van der Waals surface area contributed by atoms with Gasteiger partial charge in [0, 0.05) is 6.54 Å². The lowest BCUT2D eigenvalue weighted by atomic mass is 9.73. The normalized spacial score (nSPS) is 19.8. The van der Waals surface area contributed by atoms with Crippen molar-refractivity contribution in [2.45, 2.75) is 25.9 Å². The van der Waals surface area contributed by atoms with Crippen LogP contribution in [-0.2, 0) is 22.7 Å². The van der Waals surface area contributed by atoms with Crippen molar-refractivity contribution in [3.63, 3.8) is 0 Å². The standard InChI is InChI=1S/C18H19NO4/c20-17(15-8-9-16(15)18(21)22)19(12-14-7-4-10-23-14)11-13-5-2-1-3-6-13/h1-7,10,15-16H,8-9,11-12H2,(H,21,22). The highest BCUT2D eigenvalue weighted by atomic mass is 16.4. The maximum absolute atomic E-state index is 12.8. The Bertz CT molecular complexity index is 666. The van der Waals surface area contributed by atoms with Crippen LogP contribution in [0, 0.1) is 11.8 Å². The first-order valence-corrected chi connectivity index (χ1v) is 7.73. The van der Waals surface area contributed by atoms with Gasteiger partial charge in [-0.3, -0.25) is 9.59 Å². The third-order valence-electron chi connectivity index (χ3n) is 4.36.